The standard InChI is InChI=1S/C9H11ClN4O2/c10-6-3-14(5-16-2-1-15)9-7(6)8(11)12-4-13-9/h3-4,15H,1-2,5H2,(H2,11,12,13). The van der Waals surface area contributed by atoms with Crippen LogP contribution in [-0.2, 0) is 11.5 Å². The van der Waals surface area contributed by atoms with Crippen LogP contribution < -0.4 is 5.73 Å². The molecule has 2 aromatic heterocycles. The summed E-state index contributed by atoms with van der Waals surface area (Å²) in [6.07, 6.45) is 3.05. The summed E-state index contributed by atoms with van der Waals surface area (Å²) in [5.74, 6) is 0.343. The monoisotopic (exact) mass is 242 g/mol. The zero-order chi connectivity index (χ0) is 11.5. The molecule has 0 aliphatic carbocycles. The Balaban J connectivity index is 2.36. The fraction of sp³-hybridized carbons (Fsp3) is 0.333. The number of aromatic nitrogens is 3. The van der Waals surface area contributed by atoms with E-state index in [0.29, 0.717) is 21.9 Å². The molecule has 6 nitrogen and oxygen atoms in total. The van der Waals surface area contributed by atoms with Crippen LogP contribution in [0.25, 0.3) is 11.0 Å². The van der Waals surface area contributed by atoms with Gasteiger partial charge in [0.1, 0.15) is 24.5 Å². The van der Waals surface area contributed by atoms with Gasteiger partial charge < -0.3 is 20.1 Å². The first kappa shape index (κ1) is 11.1. The van der Waals surface area contributed by atoms with Gasteiger partial charge in [-0.3, -0.25) is 0 Å². The number of anilines is 1. The quantitative estimate of drug-likeness (QED) is 0.768. The molecular weight excluding hydrogens is 232 g/mol. The third kappa shape index (κ3) is 1.95. The summed E-state index contributed by atoms with van der Waals surface area (Å²) in [6.45, 7) is 0.502. The number of nitrogens with two attached hydrogens (primary N) is 1. The average Bonchev–Trinajstić information content (AvgIpc) is 2.58. The van der Waals surface area contributed by atoms with Gasteiger partial charge in [0.25, 0.3) is 0 Å². The number of aliphatic hydroxyl groups is 1. The SMILES string of the molecule is Nc1ncnc2c1c(Cl)cn2COCCO. The minimum atomic E-state index is -0.0238. The summed E-state index contributed by atoms with van der Waals surface area (Å²) in [4.78, 5) is 7.95. The predicted octanol–water partition coefficient (Wildman–Crippen LogP) is 0.633. The van der Waals surface area contributed by atoms with Crippen molar-refractivity contribution in [1.29, 1.82) is 0 Å². The molecule has 0 saturated heterocycles. The number of nitrogen functional groups attached to an aromatic ring is 1. The lowest BCUT2D eigenvalue weighted by Gasteiger charge is -2.04. The Morgan fingerprint density at radius 1 is 1.50 bits per heavy atom. The molecule has 0 bridgehead atoms. The molecule has 0 radical (unpaired) electrons. The third-order valence-corrected chi connectivity index (χ3v) is 2.39. The Labute approximate surface area is 96.6 Å². The van der Waals surface area contributed by atoms with Crippen LogP contribution in [0.4, 0.5) is 5.82 Å². The van der Waals surface area contributed by atoms with E-state index in [4.69, 9.17) is 27.2 Å². The fourth-order valence-corrected chi connectivity index (χ4v) is 1.72. The molecule has 0 saturated carbocycles. The topological polar surface area (TPSA) is 86.2 Å². The van der Waals surface area contributed by atoms with Crippen molar-refractivity contribution < 1.29 is 9.84 Å². The van der Waals surface area contributed by atoms with Crippen molar-refractivity contribution in [3.63, 3.8) is 0 Å². The Bertz CT molecular complexity index is 499. The van der Waals surface area contributed by atoms with Crippen molar-refractivity contribution in [3.05, 3.63) is 17.5 Å². The summed E-state index contributed by atoms with van der Waals surface area (Å²) in [6, 6.07) is 0. The van der Waals surface area contributed by atoms with E-state index in [2.05, 4.69) is 9.97 Å². The van der Waals surface area contributed by atoms with E-state index in [0.717, 1.165) is 0 Å². The zero-order valence-corrected chi connectivity index (χ0v) is 9.18. The molecule has 0 aliphatic rings. The zero-order valence-electron chi connectivity index (χ0n) is 8.43. The Hall–Kier alpha value is -1.37. The van der Waals surface area contributed by atoms with Gasteiger partial charge in [0.15, 0.2) is 0 Å². The second-order valence-electron chi connectivity index (χ2n) is 3.17. The fourth-order valence-electron chi connectivity index (χ4n) is 1.42. The van der Waals surface area contributed by atoms with Gasteiger partial charge in [-0.25, -0.2) is 9.97 Å². The van der Waals surface area contributed by atoms with Crippen molar-refractivity contribution in [2.75, 3.05) is 18.9 Å². The second-order valence-corrected chi connectivity index (χ2v) is 3.57. The summed E-state index contributed by atoms with van der Waals surface area (Å²) >= 11 is 6.01. The number of ether oxygens (including phenoxy) is 1. The van der Waals surface area contributed by atoms with Crippen molar-refractivity contribution in [2.45, 2.75) is 6.73 Å². The smallest absolute Gasteiger partial charge is 0.148 e. The van der Waals surface area contributed by atoms with Gasteiger partial charge in [-0.15, -0.1) is 0 Å². The van der Waals surface area contributed by atoms with Gasteiger partial charge in [-0.2, -0.15) is 0 Å². The van der Waals surface area contributed by atoms with E-state index in [1.807, 2.05) is 0 Å². The second kappa shape index (κ2) is 4.65. The average molecular weight is 243 g/mol. The van der Waals surface area contributed by atoms with Crippen molar-refractivity contribution in [1.82, 2.24) is 14.5 Å². The van der Waals surface area contributed by atoms with Crippen LogP contribution in [0.2, 0.25) is 5.02 Å². The molecule has 0 atom stereocenters. The molecule has 0 aliphatic heterocycles. The van der Waals surface area contributed by atoms with Crippen LogP contribution in [-0.4, -0.2) is 32.9 Å². The minimum Gasteiger partial charge on any atom is -0.394 e. The van der Waals surface area contributed by atoms with Crippen molar-refractivity contribution in [2.24, 2.45) is 0 Å². The van der Waals surface area contributed by atoms with Crippen LogP contribution in [0.3, 0.4) is 0 Å². The van der Waals surface area contributed by atoms with Gasteiger partial charge >= 0.3 is 0 Å². The first-order valence-electron chi connectivity index (χ1n) is 4.67. The molecule has 0 aromatic carbocycles. The van der Waals surface area contributed by atoms with Gasteiger partial charge in [-0.05, 0) is 0 Å². The molecule has 3 N–H and O–H groups in total. The number of rotatable bonds is 4. The van der Waals surface area contributed by atoms with E-state index in [1.165, 1.54) is 6.33 Å². The number of nitrogens with zero attached hydrogens (tertiary/aromatic N) is 3. The molecule has 2 aromatic rings. The highest BCUT2D eigenvalue weighted by molar-refractivity contribution is 6.36. The number of fused-ring (bicyclic) bond motifs is 1. The molecule has 2 rings (SSSR count). The highest BCUT2D eigenvalue weighted by Crippen LogP contribution is 2.27. The Morgan fingerprint density at radius 2 is 2.31 bits per heavy atom. The normalized spacial score (nSPS) is 11.1. The molecule has 0 spiro atoms. The summed E-state index contributed by atoms with van der Waals surface area (Å²) in [5, 5.41) is 9.71. The summed E-state index contributed by atoms with van der Waals surface area (Å²) in [7, 11) is 0. The number of hydrogen-bond donors (Lipinski definition) is 2. The lowest BCUT2D eigenvalue weighted by Crippen LogP contribution is -2.05. The summed E-state index contributed by atoms with van der Waals surface area (Å²) in [5.41, 5.74) is 6.32. The molecule has 7 heteroatoms. The van der Waals surface area contributed by atoms with Crippen LogP contribution in [0.1, 0.15) is 0 Å². The molecule has 16 heavy (non-hydrogen) atoms. The van der Waals surface area contributed by atoms with E-state index in [-0.39, 0.29) is 19.9 Å². The molecule has 2 heterocycles. The minimum absolute atomic E-state index is 0.0238. The highest BCUT2D eigenvalue weighted by Gasteiger charge is 2.11. The molecule has 0 unspecified atom stereocenters. The Morgan fingerprint density at radius 3 is 3.06 bits per heavy atom. The van der Waals surface area contributed by atoms with E-state index in [1.54, 1.807) is 10.8 Å². The third-order valence-electron chi connectivity index (χ3n) is 2.10. The number of hydrogen-bond acceptors (Lipinski definition) is 5. The van der Waals surface area contributed by atoms with Gasteiger partial charge in [0.05, 0.1) is 23.6 Å². The first-order chi connectivity index (χ1) is 7.74. The van der Waals surface area contributed by atoms with Gasteiger partial charge in [-0.1, -0.05) is 11.6 Å². The maximum absolute atomic E-state index is 8.60. The van der Waals surface area contributed by atoms with Crippen LogP contribution in [0.5, 0.6) is 0 Å². The number of halogens is 1. The molecular formula is C9H11ClN4O2. The van der Waals surface area contributed by atoms with Crippen LogP contribution in [0.15, 0.2) is 12.5 Å². The van der Waals surface area contributed by atoms with E-state index >= 15 is 0 Å². The van der Waals surface area contributed by atoms with E-state index in [9.17, 15) is 0 Å². The molecule has 0 fully saturated rings. The van der Waals surface area contributed by atoms with Crippen molar-refractivity contribution in [3.8, 4) is 0 Å². The maximum Gasteiger partial charge on any atom is 0.148 e. The summed E-state index contributed by atoms with van der Waals surface area (Å²) < 4.78 is 6.90. The molecule has 0 amide bonds. The van der Waals surface area contributed by atoms with Gasteiger partial charge in [0, 0.05) is 6.20 Å². The highest BCUT2D eigenvalue weighted by atomic mass is 35.5. The molecule has 86 valence electrons. The lowest BCUT2D eigenvalue weighted by atomic mass is 10.4. The number of aliphatic hydroxyl groups excluding tert-OH is 1. The first-order valence-corrected chi connectivity index (χ1v) is 5.05. The van der Waals surface area contributed by atoms with Crippen molar-refractivity contribution >= 4 is 28.5 Å². The van der Waals surface area contributed by atoms with Gasteiger partial charge in [0.2, 0.25) is 0 Å². The van der Waals surface area contributed by atoms with Crippen LogP contribution >= 0.6 is 11.6 Å². The predicted molar refractivity (Wildman–Crippen MR) is 60.0 cm³/mol. The van der Waals surface area contributed by atoms with Crippen LogP contribution in [0, 0.1) is 0 Å². The van der Waals surface area contributed by atoms with E-state index < -0.39 is 0 Å². The lowest BCUT2D eigenvalue weighted by molar-refractivity contribution is 0.0502. The maximum atomic E-state index is 8.60. The largest absolute Gasteiger partial charge is 0.394 e. The Kier molecular flexibility index (Phi) is 3.23.